The van der Waals surface area contributed by atoms with E-state index in [9.17, 15) is 22.0 Å². The second-order valence-electron chi connectivity index (χ2n) is 4.41. The number of benzene rings is 1. The number of nitrogens with one attached hydrogen (secondary N) is 1. The third-order valence-electron chi connectivity index (χ3n) is 2.79. The van der Waals surface area contributed by atoms with E-state index in [0.29, 0.717) is 5.69 Å². The summed E-state index contributed by atoms with van der Waals surface area (Å²) < 4.78 is 64.1. The Morgan fingerprint density at radius 2 is 1.86 bits per heavy atom. The zero-order valence-electron chi connectivity index (χ0n) is 10.8. The van der Waals surface area contributed by atoms with Crippen LogP contribution in [0.4, 0.5) is 22.0 Å². The van der Waals surface area contributed by atoms with Gasteiger partial charge >= 0.3 is 6.18 Å². The molecule has 1 aromatic heterocycles. The molecular weight excluding hydrogens is 293 g/mol. The van der Waals surface area contributed by atoms with Crippen LogP contribution in [-0.2, 0) is 19.6 Å². The van der Waals surface area contributed by atoms with E-state index in [-0.39, 0.29) is 18.7 Å². The van der Waals surface area contributed by atoms with E-state index in [2.05, 4.69) is 10.4 Å². The van der Waals surface area contributed by atoms with Crippen LogP contribution in [0.5, 0.6) is 0 Å². The normalized spacial score (nSPS) is 11.9. The van der Waals surface area contributed by atoms with Crippen molar-refractivity contribution in [1.29, 1.82) is 0 Å². The Bertz CT molecular complexity index is 606. The monoisotopic (exact) mass is 305 g/mol. The first-order valence-corrected chi connectivity index (χ1v) is 6.08. The van der Waals surface area contributed by atoms with E-state index in [1.54, 1.807) is 0 Å². The number of rotatable bonds is 5. The molecule has 114 valence electrons. The topological polar surface area (TPSA) is 29.9 Å². The lowest BCUT2D eigenvalue weighted by Crippen LogP contribution is -2.23. The van der Waals surface area contributed by atoms with Gasteiger partial charge in [-0.25, -0.2) is 8.78 Å². The van der Waals surface area contributed by atoms with Gasteiger partial charge in [-0.2, -0.15) is 18.3 Å². The van der Waals surface area contributed by atoms with Crippen molar-refractivity contribution in [1.82, 2.24) is 15.1 Å². The van der Waals surface area contributed by atoms with Gasteiger partial charge in [0.1, 0.15) is 6.54 Å². The van der Waals surface area contributed by atoms with E-state index in [1.807, 2.05) is 0 Å². The van der Waals surface area contributed by atoms with Crippen molar-refractivity contribution in [3.63, 3.8) is 0 Å². The lowest BCUT2D eigenvalue weighted by Gasteiger charge is -2.11. The average Bonchev–Trinajstić information content (AvgIpc) is 2.80. The summed E-state index contributed by atoms with van der Waals surface area (Å²) in [5, 5.41) is 6.34. The minimum atomic E-state index is -4.37. The summed E-state index contributed by atoms with van der Waals surface area (Å²) in [7, 11) is 0. The van der Waals surface area contributed by atoms with Crippen LogP contribution < -0.4 is 5.32 Å². The highest BCUT2D eigenvalue weighted by Gasteiger charge is 2.29. The van der Waals surface area contributed by atoms with Crippen molar-refractivity contribution in [2.45, 2.75) is 25.8 Å². The molecule has 0 amide bonds. The van der Waals surface area contributed by atoms with Crippen LogP contribution in [0.3, 0.4) is 0 Å². The fourth-order valence-corrected chi connectivity index (χ4v) is 1.83. The van der Waals surface area contributed by atoms with Crippen LogP contribution in [0.15, 0.2) is 30.5 Å². The number of aromatic nitrogens is 2. The Morgan fingerprint density at radius 3 is 2.57 bits per heavy atom. The molecule has 0 aliphatic carbocycles. The maximum Gasteiger partial charge on any atom is 0.408 e. The van der Waals surface area contributed by atoms with E-state index in [1.165, 1.54) is 24.4 Å². The van der Waals surface area contributed by atoms with E-state index >= 15 is 0 Å². The van der Waals surface area contributed by atoms with Crippen molar-refractivity contribution in [2.24, 2.45) is 0 Å². The minimum Gasteiger partial charge on any atom is -0.307 e. The first kappa shape index (κ1) is 15.4. The predicted molar refractivity (Wildman–Crippen MR) is 65.2 cm³/mol. The molecule has 1 aromatic carbocycles. The first-order chi connectivity index (χ1) is 9.87. The zero-order chi connectivity index (χ0) is 15.5. The predicted octanol–water partition coefficient (Wildman–Crippen LogP) is 3.01. The van der Waals surface area contributed by atoms with Gasteiger partial charge in [0.2, 0.25) is 0 Å². The highest BCUT2D eigenvalue weighted by atomic mass is 19.4. The molecule has 0 bridgehead atoms. The molecule has 1 N–H and O–H groups in total. The summed E-state index contributed by atoms with van der Waals surface area (Å²) in [6.45, 7) is -1.13. The van der Waals surface area contributed by atoms with Gasteiger partial charge in [-0.05, 0) is 12.1 Å². The first-order valence-electron chi connectivity index (χ1n) is 6.08. The van der Waals surface area contributed by atoms with Crippen LogP contribution >= 0.6 is 0 Å². The number of hydrogen-bond acceptors (Lipinski definition) is 2. The molecule has 2 rings (SSSR count). The van der Waals surface area contributed by atoms with E-state index in [4.69, 9.17) is 0 Å². The molecule has 8 heteroatoms. The van der Waals surface area contributed by atoms with Crippen molar-refractivity contribution < 1.29 is 22.0 Å². The summed E-state index contributed by atoms with van der Waals surface area (Å²) in [6, 6.07) is 5.19. The molecule has 0 saturated heterocycles. The van der Waals surface area contributed by atoms with Crippen LogP contribution in [0.2, 0.25) is 0 Å². The lowest BCUT2D eigenvalue weighted by atomic mass is 10.2. The fraction of sp³-hybridized carbons (Fsp3) is 0.308. The van der Waals surface area contributed by atoms with Crippen LogP contribution in [0.25, 0.3) is 0 Å². The smallest absolute Gasteiger partial charge is 0.307 e. The van der Waals surface area contributed by atoms with E-state index in [0.717, 1.165) is 10.7 Å². The molecule has 0 atom stereocenters. The fourth-order valence-electron chi connectivity index (χ4n) is 1.83. The molecule has 0 radical (unpaired) electrons. The second kappa shape index (κ2) is 6.21. The molecule has 3 nitrogen and oxygen atoms in total. The minimum absolute atomic E-state index is 0.000785. The third kappa shape index (κ3) is 4.25. The van der Waals surface area contributed by atoms with Gasteiger partial charge in [0.25, 0.3) is 0 Å². The summed E-state index contributed by atoms with van der Waals surface area (Å²) in [5.41, 5.74) is 0.418. The quantitative estimate of drug-likeness (QED) is 0.861. The van der Waals surface area contributed by atoms with Gasteiger partial charge in [-0.1, -0.05) is 12.1 Å². The number of hydrogen-bond donors (Lipinski definition) is 1. The van der Waals surface area contributed by atoms with Crippen LogP contribution in [0.1, 0.15) is 11.3 Å². The maximum absolute atomic E-state index is 13.4. The van der Waals surface area contributed by atoms with Gasteiger partial charge in [0.15, 0.2) is 11.6 Å². The van der Waals surface area contributed by atoms with Gasteiger partial charge < -0.3 is 5.32 Å². The summed E-state index contributed by atoms with van der Waals surface area (Å²) >= 11 is 0. The molecule has 0 saturated carbocycles. The lowest BCUT2D eigenvalue weighted by molar-refractivity contribution is -0.143. The molecule has 0 unspecified atom stereocenters. The Morgan fingerprint density at radius 1 is 1.10 bits per heavy atom. The largest absolute Gasteiger partial charge is 0.408 e. The van der Waals surface area contributed by atoms with Gasteiger partial charge in [0.05, 0.1) is 5.69 Å². The second-order valence-corrected chi connectivity index (χ2v) is 4.41. The van der Waals surface area contributed by atoms with Crippen molar-refractivity contribution in [2.75, 3.05) is 0 Å². The Hall–Kier alpha value is -1.96. The Balaban J connectivity index is 1.95. The van der Waals surface area contributed by atoms with Gasteiger partial charge in [-0.3, -0.25) is 4.68 Å². The molecular formula is C13H12F5N3. The number of halogens is 5. The maximum atomic E-state index is 13.4. The highest BCUT2D eigenvalue weighted by Crippen LogP contribution is 2.18. The molecule has 0 aliphatic rings. The molecule has 2 aromatic rings. The highest BCUT2D eigenvalue weighted by molar-refractivity contribution is 5.18. The summed E-state index contributed by atoms with van der Waals surface area (Å²) in [6.07, 6.45) is -3.11. The number of alkyl halides is 3. The van der Waals surface area contributed by atoms with Crippen molar-refractivity contribution >= 4 is 0 Å². The summed E-state index contributed by atoms with van der Waals surface area (Å²) in [4.78, 5) is 0. The molecule has 0 spiro atoms. The third-order valence-corrected chi connectivity index (χ3v) is 2.79. The Labute approximate surface area is 117 Å². The van der Waals surface area contributed by atoms with Crippen LogP contribution in [-0.4, -0.2) is 16.0 Å². The molecule has 21 heavy (non-hydrogen) atoms. The number of nitrogens with zero attached hydrogens (tertiary/aromatic N) is 2. The van der Waals surface area contributed by atoms with Crippen LogP contribution in [0, 0.1) is 11.6 Å². The van der Waals surface area contributed by atoms with E-state index < -0.39 is 24.4 Å². The zero-order valence-corrected chi connectivity index (χ0v) is 10.8. The average molecular weight is 305 g/mol. The van der Waals surface area contributed by atoms with Crippen molar-refractivity contribution in [3.05, 3.63) is 53.4 Å². The van der Waals surface area contributed by atoms with Gasteiger partial charge in [0, 0.05) is 24.8 Å². The molecule has 0 fully saturated rings. The van der Waals surface area contributed by atoms with Crippen molar-refractivity contribution in [3.8, 4) is 0 Å². The molecule has 1 heterocycles. The summed E-state index contributed by atoms with van der Waals surface area (Å²) in [5.74, 6) is -1.93. The Kier molecular flexibility index (Phi) is 4.56. The molecule has 0 aliphatic heterocycles. The standard InChI is InChI=1S/C13H12F5N3/c14-11-3-1-2-9(12(11)15)6-19-7-10-4-5-20-21(10)8-13(16,17)18/h1-5,19H,6-8H2. The van der Waals surface area contributed by atoms with Gasteiger partial charge in [-0.15, -0.1) is 0 Å². The SMILES string of the molecule is Fc1cccc(CNCc2ccnn2CC(F)(F)F)c1F.